The smallest absolute Gasteiger partial charge is 0.224 e. The molecular weight excluding hydrogens is 268 g/mol. The molecule has 20 heavy (non-hydrogen) atoms. The number of rotatable bonds is 3. The molecule has 0 radical (unpaired) electrons. The highest BCUT2D eigenvalue weighted by Gasteiger charge is 2.35. The van der Waals surface area contributed by atoms with Crippen LogP contribution in [0.1, 0.15) is 12.6 Å². The van der Waals surface area contributed by atoms with E-state index in [9.17, 15) is 5.11 Å². The lowest BCUT2D eigenvalue weighted by Crippen LogP contribution is -2.24. The molecule has 0 aliphatic carbocycles. The molecular formula is C10H14N6O4. The van der Waals surface area contributed by atoms with E-state index >= 15 is 0 Å². The van der Waals surface area contributed by atoms with Gasteiger partial charge in [0.15, 0.2) is 17.0 Å². The third-order valence-electron chi connectivity index (χ3n) is 3.24. The summed E-state index contributed by atoms with van der Waals surface area (Å²) in [6.45, 7) is -0.273. The molecule has 2 aromatic heterocycles. The van der Waals surface area contributed by atoms with Gasteiger partial charge in [0.1, 0.15) is 12.3 Å². The molecule has 0 bridgehead atoms. The summed E-state index contributed by atoms with van der Waals surface area (Å²) in [7, 11) is 0. The number of anilines is 2. The van der Waals surface area contributed by atoms with Gasteiger partial charge in [0.05, 0.1) is 19.0 Å². The normalized spacial score (nSPS) is 26.2. The number of nitrogen functional groups attached to an aromatic ring is 1. The van der Waals surface area contributed by atoms with E-state index < -0.39 is 18.4 Å². The highest BCUT2D eigenvalue weighted by Crippen LogP contribution is 2.31. The van der Waals surface area contributed by atoms with Crippen molar-refractivity contribution >= 4 is 22.9 Å². The second-order valence-electron chi connectivity index (χ2n) is 4.48. The largest absolute Gasteiger partial charge is 0.394 e. The van der Waals surface area contributed by atoms with Crippen molar-refractivity contribution in [3.63, 3.8) is 0 Å². The maximum absolute atomic E-state index is 9.76. The molecule has 6 N–H and O–H groups in total. The second-order valence-corrected chi connectivity index (χ2v) is 4.48. The van der Waals surface area contributed by atoms with E-state index in [0.717, 1.165) is 0 Å². The highest BCUT2D eigenvalue weighted by atomic mass is 16.5. The summed E-state index contributed by atoms with van der Waals surface area (Å²) in [4.78, 5) is 11.9. The van der Waals surface area contributed by atoms with Crippen LogP contribution in [-0.2, 0) is 4.74 Å². The Bertz CT molecular complexity index is 631. The predicted octanol–water partition coefficient (Wildman–Crippen LogP) is -1.15. The molecule has 1 aliphatic heterocycles. The molecule has 1 fully saturated rings. The van der Waals surface area contributed by atoms with Gasteiger partial charge in [-0.2, -0.15) is 9.97 Å². The quantitative estimate of drug-likeness (QED) is 0.439. The van der Waals surface area contributed by atoms with E-state index in [1.807, 2.05) is 5.48 Å². The number of aromatic nitrogens is 4. The SMILES string of the molecule is Nc1nc(NO)c2ncn([C@H]3C[C@H](O)[C@@H](CO)O3)c2n1. The van der Waals surface area contributed by atoms with Crippen molar-refractivity contribution in [1.29, 1.82) is 0 Å². The molecule has 3 heterocycles. The van der Waals surface area contributed by atoms with Gasteiger partial charge in [-0.1, -0.05) is 0 Å². The lowest BCUT2D eigenvalue weighted by atomic mass is 10.2. The van der Waals surface area contributed by atoms with Crippen molar-refractivity contribution in [1.82, 2.24) is 19.5 Å². The molecule has 2 aromatic rings. The van der Waals surface area contributed by atoms with Gasteiger partial charge in [-0.15, -0.1) is 0 Å². The van der Waals surface area contributed by atoms with Crippen LogP contribution in [0, 0.1) is 0 Å². The van der Waals surface area contributed by atoms with E-state index in [0.29, 0.717) is 17.6 Å². The fourth-order valence-corrected chi connectivity index (χ4v) is 2.27. The first-order valence-corrected chi connectivity index (χ1v) is 5.98. The van der Waals surface area contributed by atoms with Crippen molar-refractivity contribution in [3.05, 3.63) is 6.33 Å². The summed E-state index contributed by atoms with van der Waals surface area (Å²) in [6.07, 6.45) is -0.184. The van der Waals surface area contributed by atoms with E-state index in [1.54, 1.807) is 4.57 Å². The van der Waals surface area contributed by atoms with Crippen LogP contribution < -0.4 is 11.2 Å². The van der Waals surface area contributed by atoms with E-state index in [2.05, 4.69) is 15.0 Å². The van der Waals surface area contributed by atoms with Crippen LogP contribution in [0.3, 0.4) is 0 Å². The van der Waals surface area contributed by atoms with Crippen molar-refractivity contribution in [2.75, 3.05) is 17.8 Å². The fraction of sp³-hybridized carbons (Fsp3) is 0.500. The van der Waals surface area contributed by atoms with Crippen molar-refractivity contribution < 1.29 is 20.2 Å². The topological polar surface area (TPSA) is 152 Å². The molecule has 0 unspecified atom stereocenters. The van der Waals surface area contributed by atoms with Gasteiger partial charge >= 0.3 is 0 Å². The number of hydrogen-bond donors (Lipinski definition) is 5. The zero-order valence-electron chi connectivity index (χ0n) is 10.3. The second kappa shape index (κ2) is 4.83. The van der Waals surface area contributed by atoms with Gasteiger partial charge in [-0.05, 0) is 0 Å². The van der Waals surface area contributed by atoms with Gasteiger partial charge < -0.3 is 20.7 Å². The summed E-state index contributed by atoms with van der Waals surface area (Å²) in [5, 5.41) is 27.9. The van der Waals surface area contributed by atoms with E-state index in [-0.39, 0.29) is 18.4 Å². The first-order valence-electron chi connectivity index (χ1n) is 5.98. The van der Waals surface area contributed by atoms with Crippen LogP contribution in [0.5, 0.6) is 0 Å². The number of nitrogens with one attached hydrogen (secondary N) is 1. The maximum Gasteiger partial charge on any atom is 0.224 e. The highest BCUT2D eigenvalue weighted by molar-refractivity contribution is 5.83. The van der Waals surface area contributed by atoms with Crippen LogP contribution >= 0.6 is 0 Å². The molecule has 0 spiro atoms. The standard InChI is InChI=1S/C10H14N6O4/c11-10-13-8(15-19)7-9(14-10)16(3-12-7)6-1-4(18)5(2-17)20-6/h3-6,17-19H,1-2H2,(H3,11,13,14,15)/t4-,5+,6+/m0/s1. The Labute approximate surface area is 112 Å². The maximum atomic E-state index is 9.76. The fourth-order valence-electron chi connectivity index (χ4n) is 2.27. The van der Waals surface area contributed by atoms with E-state index in [1.165, 1.54) is 6.33 Å². The lowest BCUT2D eigenvalue weighted by Gasteiger charge is -2.13. The number of fused-ring (bicyclic) bond motifs is 1. The number of aliphatic hydroxyl groups is 2. The number of nitrogens with two attached hydrogens (primary N) is 1. The first-order chi connectivity index (χ1) is 9.63. The molecule has 0 amide bonds. The summed E-state index contributed by atoms with van der Waals surface area (Å²) < 4.78 is 7.10. The minimum atomic E-state index is -0.767. The van der Waals surface area contributed by atoms with Crippen molar-refractivity contribution in [2.45, 2.75) is 24.9 Å². The molecule has 10 heteroatoms. The Morgan fingerprint density at radius 1 is 1.50 bits per heavy atom. The molecule has 3 rings (SSSR count). The Morgan fingerprint density at radius 2 is 2.30 bits per heavy atom. The Hall–Kier alpha value is -2.01. The van der Waals surface area contributed by atoms with Gasteiger partial charge in [-0.25, -0.2) is 4.98 Å². The third kappa shape index (κ3) is 1.94. The molecule has 1 saturated heterocycles. The molecule has 10 nitrogen and oxygen atoms in total. The number of imidazole rings is 1. The van der Waals surface area contributed by atoms with Gasteiger partial charge in [0, 0.05) is 6.42 Å². The molecule has 108 valence electrons. The Balaban J connectivity index is 2.03. The van der Waals surface area contributed by atoms with Crippen LogP contribution in [0.4, 0.5) is 11.8 Å². The third-order valence-corrected chi connectivity index (χ3v) is 3.24. The summed E-state index contributed by atoms with van der Waals surface area (Å²) in [5.74, 6) is 0.0524. The first kappa shape index (κ1) is 13.0. The Morgan fingerprint density at radius 3 is 2.95 bits per heavy atom. The van der Waals surface area contributed by atoms with Crippen LogP contribution in [-0.4, -0.2) is 53.8 Å². The zero-order chi connectivity index (χ0) is 14.3. The van der Waals surface area contributed by atoms with Gasteiger partial charge in [0.25, 0.3) is 0 Å². The minimum absolute atomic E-state index is 0.0342. The number of aliphatic hydroxyl groups excluding tert-OH is 2. The average molecular weight is 282 g/mol. The molecule has 0 saturated carbocycles. The summed E-state index contributed by atoms with van der Waals surface area (Å²) in [6, 6.07) is 0. The Kier molecular flexibility index (Phi) is 3.14. The average Bonchev–Trinajstić information content (AvgIpc) is 3.00. The monoisotopic (exact) mass is 282 g/mol. The van der Waals surface area contributed by atoms with Crippen LogP contribution in [0.25, 0.3) is 11.2 Å². The number of nitrogens with zero attached hydrogens (tertiary/aromatic N) is 4. The molecule has 1 aliphatic rings. The zero-order valence-corrected chi connectivity index (χ0v) is 10.3. The van der Waals surface area contributed by atoms with Crippen molar-refractivity contribution in [2.24, 2.45) is 0 Å². The summed E-state index contributed by atoms with van der Waals surface area (Å²) in [5.41, 5.74) is 8.16. The molecule has 3 atom stereocenters. The van der Waals surface area contributed by atoms with Crippen LogP contribution in [0.15, 0.2) is 6.33 Å². The van der Waals surface area contributed by atoms with E-state index in [4.69, 9.17) is 20.8 Å². The minimum Gasteiger partial charge on any atom is -0.394 e. The van der Waals surface area contributed by atoms with Gasteiger partial charge in [0.2, 0.25) is 5.95 Å². The predicted molar refractivity (Wildman–Crippen MR) is 66.8 cm³/mol. The van der Waals surface area contributed by atoms with Gasteiger partial charge in [-0.3, -0.25) is 15.3 Å². The molecule has 0 aromatic carbocycles. The number of ether oxygens (including phenoxy) is 1. The summed E-state index contributed by atoms with van der Waals surface area (Å²) >= 11 is 0. The van der Waals surface area contributed by atoms with Crippen molar-refractivity contribution in [3.8, 4) is 0 Å². The van der Waals surface area contributed by atoms with Crippen LogP contribution in [0.2, 0.25) is 0 Å². The number of hydrogen-bond acceptors (Lipinski definition) is 9. The lowest BCUT2D eigenvalue weighted by molar-refractivity contribution is -0.0432.